The van der Waals surface area contributed by atoms with E-state index >= 15 is 4.39 Å². The van der Waals surface area contributed by atoms with Crippen LogP contribution < -0.4 is 15.5 Å². The number of hydrogen-bond donors (Lipinski definition) is 3. The molecule has 11 heteroatoms. The number of carboxylic acids is 1. The van der Waals surface area contributed by atoms with E-state index in [9.17, 15) is 14.7 Å². The molecule has 38 heavy (non-hydrogen) atoms. The molecule has 9 nitrogen and oxygen atoms in total. The number of halogens is 1. The molecule has 1 fully saturated rings. The Kier molecular flexibility index (Phi) is 6.94. The summed E-state index contributed by atoms with van der Waals surface area (Å²) in [5, 5.41) is 15.4. The summed E-state index contributed by atoms with van der Waals surface area (Å²) in [6, 6.07) is 10.5. The number of anilines is 2. The lowest BCUT2D eigenvalue weighted by Crippen LogP contribution is -2.43. The van der Waals surface area contributed by atoms with Crippen molar-refractivity contribution >= 4 is 44.5 Å². The highest BCUT2D eigenvalue weighted by Crippen LogP contribution is 2.39. The van der Waals surface area contributed by atoms with Crippen molar-refractivity contribution in [1.82, 2.24) is 20.3 Å². The number of fused-ring (bicyclic) bond motifs is 1. The zero-order valence-electron chi connectivity index (χ0n) is 21.0. The van der Waals surface area contributed by atoms with Crippen LogP contribution in [0.4, 0.5) is 20.1 Å². The number of nitrogens with zero attached hydrogens (tertiary/aromatic N) is 4. The van der Waals surface area contributed by atoms with Crippen molar-refractivity contribution in [2.75, 3.05) is 29.9 Å². The van der Waals surface area contributed by atoms with E-state index < -0.39 is 17.2 Å². The average molecular weight is 535 g/mol. The Labute approximate surface area is 222 Å². The second-order valence-corrected chi connectivity index (χ2v) is 10.5. The summed E-state index contributed by atoms with van der Waals surface area (Å²) >= 11 is 1.34. The van der Waals surface area contributed by atoms with E-state index in [-0.39, 0.29) is 11.8 Å². The number of carbonyl (C=O) groups excluding carboxylic acids is 1. The molecule has 1 aromatic carbocycles. The van der Waals surface area contributed by atoms with Crippen molar-refractivity contribution in [2.45, 2.75) is 26.7 Å². The van der Waals surface area contributed by atoms with E-state index in [2.05, 4.69) is 25.6 Å². The maximum Gasteiger partial charge on any atom is 0.321 e. The van der Waals surface area contributed by atoms with Gasteiger partial charge in [0.1, 0.15) is 0 Å². The van der Waals surface area contributed by atoms with Crippen LogP contribution in [0.5, 0.6) is 0 Å². The second-order valence-electron chi connectivity index (χ2n) is 9.47. The number of benzene rings is 1. The van der Waals surface area contributed by atoms with E-state index in [1.54, 1.807) is 24.2 Å². The SMILES string of the molecule is CCNC(=O)Nc1nc2cc(-c3cnc(N4CCC(C)(C(=O)O)CC4)c(F)c3)cc(-c3ccccn3)c2s1. The topological polar surface area (TPSA) is 120 Å². The molecule has 3 N–H and O–H groups in total. The molecule has 0 aliphatic carbocycles. The number of thiazole rings is 1. The minimum absolute atomic E-state index is 0.217. The molecule has 2 amide bonds. The van der Waals surface area contributed by atoms with E-state index in [0.29, 0.717) is 54.3 Å². The molecule has 0 saturated carbocycles. The number of piperidine rings is 1. The molecule has 4 heterocycles. The van der Waals surface area contributed by atoms with E-state index in [0.717, 1.165) is 16.0 Å². The number of rotatable bonds is 6. The van der Waals surface area contributed by atoms with Crippen LogP contribution in [0.2, 0.25) is 0 Å². The molecule has 1 aliphatic heterocycles. The summed E-state index contributed by atoms with van der Waals surface area (Å²) < 4.78 is 16.2. The smallest absolute Gasteiger partial charge is 0.321 e. The Hall–Kier alpha value is -4.12. The summed E-state index contributed by atoms with van der Waals surface area (Å²) in [6.07, 6.45) is 4.16. The fraction of sp³-hybridized carbons (Fsp3) is 0.296. The summed E-state index contributed by atoms with van der Waals surface area (Å²) in [5.41, 5.74) is 2.67. The van der Waals surface area contributed by atoms with Gasteiger partial charge in [0.15, 0.2) is 16.8 Å². The number of aromatic nitrogens is 3. The van der Waals surface area contributed by atoms with Crippen molar-refractivity contribution in [3.8, 4) is 22.4 Å². The van der Waals surface area contributed by atoms with Gasteiger partial charge in [0.2, 0.25) is 0 Å². The van der Waals surface area contributed by atoms with Gasteiger partial charge in [-0.15, -0.1) is 0 Å². The predicted octanol–water partition coefficient (Wildman–Crippen LogP) is 5.39. The van der Waals surface area contributed by atoms with Gasteiger partial charge in [0.25, 0.3) is 0 Å². The van der Waals surface area contributed by atoms with Gasteiger partial charge < -0.3 is 15.3 Å². The van der Waals surface area contributed by atoms with Gasteiger partial charge in [-0.1, -0.05) is 17.4 Å². The second kappa shape index (κ2) is 10.3. The molecule has 1 saturated heterocycles. The molecule has 0 spiro atoms. The summed E-state index contributed by atoms with van der Waals surface area (Å²) in [4.78, 5) is 38.9. The fourth-order valence-corrected chi connectivity index (χ4v) is 5.48. The number of aliphatic carboxylic acids is 1. The van der Waals surface area contributed by atoms with Crippen LogP contribution in [0.3, 0.4) is 0 Å². The minimum atomic E-state index is -0.827. The Morgan fingerprint density at radius 2 is 1.95 bits per heavy atom. The Morgan fingerprint density at radius 3 is 2.61 bits per heavy atom. The van der Waals surface area contributed by atoms with Gasteiger partial charge >= 0.3 is 12.0 Å². The van der Waals surface area contributed by atoms with Crippen LogP contribution in [0.15, 0.2) is 48.8 Å². The third-order valence-corrected chi connectivity index (χ3v) is 7.85. The quantitative estimate of drug-likeness (QED) is 0.303. The van der Waals surface area contributed by atoms with Crippen LogP contribution in [-0.4, -0.2) is 51.7 Å². The summed E-state index contributed by atoms with van der Waals surface area (Å²) in [6.45, 7) is 4.89. The highest BCUT2D eigenvalue weighted by Gasteiger charge is 2.37. The number of pyridine rings is 2. The largest absolute Gasteiger partial charge is 0.481 e. The molecule has 4 aromatic rings. The average Bonchev–Trinajstić information content (AvgIpc) is 3.31. The zero-order valence-corrected chi connectivity index (χ0v) is 21.8. The Morgan fingerprint density at radius 1 is 1.16 bits per heavy atom. The van der Waals surface area contributed by atoms with E-state index in [1.165, 1.54) is 17.4 Å². The number of hydrogen-bond acceptors (Lipinski definition) is 7. The highest BCUT2D eigenvalue weighted by atomic mass is 32.1. The first kappa shape index (κ1) is 25.5. The Bertz CT molecular complexity index is 1500. The van der Waals surface area contributed by atoms with Gasteiger partial charge in [-0.25, -0.2) is 19.2 Å². The maximum absolute atomic E-state index is 15.3. The lowest BCUT2D eigenvalue weighted by molar-refractivity contribution is -0.149. The van der Waals surface area contributed by atoms with Crippen LogP contribution in [0.1, 0.15) is 26.7 Å². The molecule has 0 radical (unpaired) electrons. The first-order chi connectivity index (χ1) is 18.3. The molecule has 0 bridgehead atoms. The molecule has 0 atom stereocenters. The number of carboxylic acid groups (broad SMARTS) is 1. The number of carbonyl (C=O) groups is 2. The van der Waals surface area contributed by atoms with Crippen molar-refractivity contribution in [3.05, 3.63) is 54.6 Å². The van der Waals surface area contributed by atoms with Gasteiger partial charge in [-0.3, -0.25) is 15.1 Å². The van der Waals surface area contributed by atoms with Crippen LogP contribution in [-0.2, 0) is 4.79 Å². The van der Waals surface area contributed by atoms with Crippen LogP contribution in [0.25, 0.3) is 32.6 Å². The van der Waals surface area contributed by atoms with E-state index in [4.69, 9.17) is 0 Å². The standard InChI is InChI=1S/C27H27FN6O3S/c1-3-29-25(37)33-26-32-21-14-16(12-18(22(21)38-26)20-6-4-5-9-30-20)17-13-19(28)23(31-15-17)34-10-7-27(2,8-11-34)24(35)36/h4-6,9,12-15H,3,7-8,10-11H2,1-2H3,(H,35,36)(H2,29,32,33,37). The maximum atomic E-state index is 15.3. The molecular formula is C27H27FN6O3S. The summed E-state index contributed by atoms with van der Waals surface area (Å²) in [7, 11) is 0. The lowest BCUT2D eigenvalue weighted by atomic mass is 9.80. The van der Waals surface area contributed by atoms with Gasteiger partial charge in [-0.05, 0) is 62.6 Å². The highest BCUT2D eigenvalue weighted by molar-refractivity contribution is 7.22. The van der Waals surface area contributed by atoms with Crippen molar-refractivity contribution in [1.29, 1.82) is 0 Å². The third kappa shape index (κ3) is 5.01. The van der Waals surface area contributed by atoms with Crippen molar-refractivity contribution in [2.24, 2.45) is 5.41 Å². The molecule has 5 rings (SSSR count). The van der Waals surface area contributed by atoms with Crippen LogP contribution in [0, 0.1) is 11.2 Å². The lowest BCUT2D eigenvalue weighted by Gasteiger charge is -2.37. The predicted molar refractivity (Wildman–Crippen MR) is 146 cm³/mol. The number of nitrogens with one attached hydrogen (secondary N) is 2. The van der Waals surface area contributed by atoms with E-state index in [1.807, 2.05) is 37.3 Å². The third-order valence-electron chi connectivity index (χ3n) is 6.83. The normalized spacial score (nSPS) is 14.9. The fourth-order valence-electron chi connectivity index (χ4n) is 4.51. The van der Waals surface area contributed by atoms with Crippen molar-refractivity contribution in [3.63, 3.8) is 0 Å². The number of amides is 2. The molecule has 3 aromatic heterocycles. The van der Waals surface area contributed by atoms with Gasteiger partial charge in [0, 0.05) is 43.2 Å². The van der Waals surface area contributed by atoms with Crippen molar-refractivity contribution < 1.29 is 19.1 Å². The Balaban J connectivity index is 1.50. The van der Waals surface area contributed by atoms with Gasteiger partial charge in [0.05, 0.1) is 21.3 Å². The first-order valence-electron chi connectivity index (χ1n) is 12.3. The molecule has 196 valence electrons. The summed E-state index contributed by atoms with van der Waals surface area (Å²) in [5.74, 6) is -1.08. The first-order valence-corrected chi connectivity index (χ1v) is 13.1. The molecular weight excluding hydrogens is 507 g/mol. The van der Waals surface area contributed by atoms with Gasteiger partial charge in [-0.2, -0.15) is 0 Å². The number of urea groups is 1. The molecule has 0 unspecified atom stereocenters. The molecule has 1 aliphatic rings. The zero-order chi connectivity index (χ0) is 26.9. The monoisotopic (exact) mass is 534 g/mol. The van der Waals surface area contributed by atoms with Crippen LogP contribution >= 0.6 is 11.3 Å². The minimum Gasteiger partial charge on any atom is -0.481 e.